The van der Waals surface area contributed by atoms with Crippen LogP contribution in [0.2, 0.25) is 0 Å². The van der Waals surface area contributed by atoms with Crippen LogP contribution < -0.4 is 4.74 Å². The topological polar surface area (TPSA) is 26.3 Å². The van der Waals surface area contributed by atoms with Crippen LogP contribution in [0.5, 0.6) is 5.75 Å². The number of hydrogen-bond donors (Lipinski definition) is 0. The van der Waals surface area contributed by atoms with Crippen LogP contribution in [0.25, 0.3) is 0 Å². The molecule has 118 valence electrons. The molecule has 0 radical (unpaired) electrons. The fourth-order valence-corrected chi connectivity index (χ4v) is 2.17. The second kappa shape index (κ2) is 6.21. The fourth-order valence-electron chi connectivity index (χ4n) is 2.17. The van der Waals surface area contributed by atoms with E-state index in [1.165, 1.54) is 5.56 Å². The zero-order valence-electron chi connectivity index (χ0n) is 14.8. The molecule has 0 fully saturated rings. The fraction of sp³-hybridized carbons (Fsp3) is 0.632. The van der Waals surface area contributed by atoms with Crippen molar-refractivity contribution in [3.05, 3.63) is 29.3 Å². The summed E-state index contributed by atoms with van der Waals surface area (Å²) in [6.07, 6.45) is 0.449. The minimum absolute atomic E-state index is 0.0608. The lowest BCUT2D eigenvalue weighted by Gasteiger charge is -2.27. The summed E-state index contributed by atoms with van der Waals surface area (Å²) in [4.78, 5) is 12.0. The molecule has 0 saturated carbocycles. The standard InChI is InChI=1S/C19H30O2/c1-13(2)11-17(20)21-16-10-9-14(18(3,4)5)12-15(16)19(6,7)8/h9-10,12-13H,11H2,1-8H3. The van der Waals surface area contributed by atoms with E-state index in [2.05, 4.69) is 53.7 Å². The van der Waals surface area contributed by atoms with Crippen LogP contribution in [-0.4, -0.2) is 5.97 Å². The Balaban J connectivity index is 3.18. The van der Waals surface area contributed by atoms with E-state index in [4.69, 9.17) is 4.74 Å². The highest BCUT2D eigenvalue weighted by molar-refractivity contribution is 5.73. The molecule has 21 heavy (non-hydrogen) atoms. The van der Waals surface area contributed by atoms with Gasteiger partial charge in [0.2, 0.25) is 0 Å². The van der Waals surface area contributed by atoms with Crippen molar-refractivity contribution in [2.75, 3.05) is 0 Å². The molecule has 0 saturated heterocycles. The Labute approximate surface area is 129 Å². The van der Waals surface area contributed by atoms with Gasteiger partial charge in [-0.05, 0) is 28.4 Å². The molecular weight excluding hydrogens is 260 g/mol. The third-order valence-corrected chi connectivity index (χ3v) is 3.45. The van der Waals surface area contributed by atoms with E-state index in [0.29, 0.717) is 18.1 Å². The predicted molar refractivity (Wildman–Crippen MR) is 88.9 cm³/mol. The zero-order valence-corrected chi connectivity index (χ0v) is 14.8. The van der Waals surface area contributed by atoms with E-state index in [1.54, 1.807) is 0 Å². The van der Waals surface area contributed by atoms with E-state index < -0.39 is 0 Å². The number of carbonyl (C=O) groups is 1. The Hall–Kier alpha value is -1.31. The first-order valence-electron chi connectivity index (χ1n) is 7.77. The van der Waals surface area contributed by atoms with Gasteiger partial charge in [-0.2, -0.15) is 0 Å². The first-order valence-corrected chi connectivity index (χ1v) is 7.77. The van der Waals surface area contributed by atoms with Crippen molar-refractivity contribution in [2.45, 2.75) is 72.6 Å². The molecule has 0 aliphatic rings. The normalized spacial score (nSPS) is 12.6. The van der Waals surface area contributed by atoms with Gasteiger partial charge in [0.05, 0.1) is 0 Å². The number of rotatable bonds is 3. The molecule has 0 bridgehead atoms. The second-order valence-electron chi connectivity index (χ2n) is 8.28. The lowest BCUT2D eigenvalue weighted by Crippen LogP contribution is -2.19. The van der Waals surface area contributed by atoms with E-state index in [-0.39, 0.29) is 16.8 Å². The van der Waals surface area contributed by atoms with Gasteiger partial charge < -0.3 is 4.74 Å². The molecule has 0 aromatic heterocycles. The average Bonchev–Trinajstić information content (AvgIpc) is 2.24. The van der Waals surface area contributed by atoms with Gasteiger partial charge >= 0.3 is 5.97 Å². The van der Waals surface area contributed by atoms with Crippen LogP contribution in [-0.2, 0) is 15.6 Å². The average molecular weight is 290 g/mol. The Morgan fingerprint density at radius 3 is 2.05 bits per heavy atom. The summed E-state index contributed by atoms with van der Waals surface area (Å²) in [7, 11) is 0. The minimum atomic E-state index is -0.154. The van der Waals surface area contributed by atoms with Gasteiger partial charge in [-0.15, -0.1) is 0 Å². The molecular formula is C19H30O2. The van der Waals surface area contributed by atoms with Crippen molar-refractivity contribution in [3.63, 3.8) is 0 Å². The van der Waals surface area contributed by atoms with Crippen molar-refractivity contribution in [1.29, 1.82) is 0 Å². The van der Waals surface area contributed by atoms with Crippen LogP contribution in [0, 0.1) is 5.92 Å². The number of hydrogen-bond acceptors (Lipinski definition) is 2. The predicted octanol–water partition coefficient (Wildman–Crippen LogP) is 5.23. The first kappa shape index (κ1) is 17.7. The van der Waals surface area contributed by atoms with Crippen LogP contribution in [0.15, 0.2) is 18.2 Å². The smallest absolute Gasteiger partial charge is 0.311 e. The van der Waals surface area contributed by atoms with Gasteiger partial charge in [0.25, 0.3) is 0 Å². The number of benzene rings is 1. The molecule has 0 atom stereocenters. The summed E-state index contributed by atoms with van der Waals surface area (Å²) in [5, 5.41) is 0. The van der Waals surface area contributed by atoms with Crippen LogP contribution in [0.3, 0.4) is 0 Å². The van der Waals surface area contributed by atoms with Crippen molar-refractivity contribution < 1.29 is 9.53 Å². The van der Waals surface area contributed by atoms with Crippen molar-refractivity contribution in [2.24, 2.45) is 5.92 Å². The Morgan fingerprint density at radius 2 is 1.62 bits per heavy atom. The first-order chi connectivity index (χ1) is 9.41. The quantitative estimate of drug-likeness (QED) is 0.562. The molecule has 0 amide bonds. The summed E-state index contributed by atoms with van der Waals surface area (Å²) in [5.74, 6) is 0.851. The highest BCUT2D eigenvalue weighted by atomic mass is 16.5. The number of esters is 1. The third kappa shape index (κ3) is 5.18. The summed E-state index contributed by atoms with van der Waals surface area (Å²) < 4.78 is 5.61. The number of carbonyl (C=O) groups excluding carboxylic acids is 1. The molecule has 2 heteroatoms. The second-order valence-corrected chi connectivity index (χ2v) is 8.28. The molecule has 0 spiro atoms. The molecule has 0 heterocycles. The molecule has 0 unspecified atom stereocenters. The minimum Gasteiger partial charge on any atom is -0.426 e. The summed E-state index contributed by atoms with van der Waals surface area (Å²) in [6.45, 7) is 17.1. The van der Waals surface area contributed by atoms with Gasteiger partial charge in [-0.1, -0.05) is 67.5 Å². The number of ether oxygens (including phenoxy) is 1. The zero-order chi connectivity index (χ0) is 16.4. The Kier molecular flexibility index (Phi) is 5.25. The Morgan fingerprint density at radius 1 is 1.05 bits per heavy atom. The maximum atomic E-state index is 12.0. The summed E-state index contributed by atoms with van der Waals surface area (Å²) in [6, 6.07) is 6.19. The van der Waals surface area contributed by atoms with Crippen LogP contribution in [0.4, 0.5) is 0 Å². The molecule has 1 aromatic rings. The van der Waals surface area contributed by atoms with Crippen LogP contribution in [0.1, 0.15) is 72.9 Å². The highest BCUT2D eigenvalue weighted by Crippen LogP contribution is 2.35. The van der Waals surface area contributed by atoms with Gasteiger partial charge in [-0.3, -0.25) is 4.79 Å². The van der Waals surface area contributed by atoms with Crippen molar-refractivity contribution in [3.8, 4) is 5.75 Å². The molecule has 0 aliphatic heterocycles. The molecule has 1 rings (SSSR count). The van der Waals surface area contributed by atoms with E-state index in [1.807, 2.05) is 19.9 Å². The monoisotopic (exact) mass is 290 g/mol. The lowest BCUT2D eigenvalue weighted by molar-refractivity contribution is -0.135. The van der Waals surface area contributed by atoms with Crippen LogP contribution >= 0.6 is 0 Å². The maximum Gasteiger partial charge on any atom is 0.311 e. The third-order valence-electron chi connectivity index (χ3n) is 3.45. The van der Waals surface area contributed by atoms with Gasteiger partial charge in [0.15, 0.2) is 0 Å². The summed E-state index contributed by atoms with van der Waals surface area (Å²) >= 11 is 0. The van der Waals surface area contributed by atoms with E-state index in [0.717, 1.165) is 5.56 Å². The van der Waals surface area contributed by atoms with Gasteiger partial charge in [0, 0.05) is 12.0 Å². The van der Waals surface area contributed by atoms with Gasteiger partial charge in [0.1, 0.15) is 5.75 Å². The van der Waals surface area contributed by atoms with Crippen molar-refractivity contribution >= 4 is 5.97 Å². The van der Waals surface area contributed by atoms with E-state index in [9.17, 15) is 4.79 Å². The molecule has 1 aromatic carbocycles. The molecule has 0 aliphatic carbocycles. The summed E-state index contributed by atoms with van der Waals surface area (Å²) in [5.41, 5.74) is 2.37. The molecule has 2 nitrogen and oxygen atoms in total. The molecule has 0 N–H and O–H groups in total. The van der Waals surface area contributed by atoms with Gasteiger partial charge in [-0.25, -0.2) is 0 Å². The SMILES string of the molecule is CC(C)CC(=O)Oc1ccc(C(C)(C)C)cc1C(C)(C)C. The largest absolute Gasteiger partial charge is 0.426 e. The lowest BCUT2D eigenvalue weighted by atomic mass is 9.80. The maximum absolute atomic E-state index is 12.0. The Bertz CT molecular complexity index is 499. The van der Waals surface area contributed by atoms with Crippen molar-refractivity contribution in [1.82, 2.24) is 0 Å². The van der Waals surface area contributed by atoms with E-state index >= 15 is 0 Å². The highest BCUT2D eigenvalue weighted by Gasteiger charge is 2.24.